The molecule has 2 aromatic rings. The first-order valence-electron chi connectivity index (χ1n) is 7.35. The Labute approximate surface area is 129 Å². The van der Waals surface area contributed by atoms with Crippen LogP contribution in [0.2, 0.25) is 0 Å². The molecular weight excluding hydrogens is 286 g/mol. The van der Waals surface area contributed by atoms with Crippen LogP contribution in [0.4, 0.5) is 0 Å². The highest BCUT2D eigenvalue weighted by atomic mass is 32.1. The molecule has 1 atom stereocenters. The fraction of sp³-hybridized carbons (Fsp3) is 0.600. The molecule has 6 heteroatoms. The Kier molecular flexibility index (Phi) is 5.90. The molecule has 0 aliphatic heterocycles. The number of aliphatic hydroxyl groups excluding tert-OH is 1. The first-order valence-corrected chi connectivity index (χ1v) is 8.23. The normalized spacial score (nSPS) is 13.2. The van der Waals surface area contributed by atoms with Crippen molar-refractivity contribution in [3.8, 4) is 10.7 Å². The summed E-state index contributed by atoms with van der Waals surface area (Å²) in [6.45, 7) is 7.72. The predicted octanol–water partition coefficient (Wildman–Crippen LogP) is 2.82. The summed E-state index contributed by atoms with van der Waals surface area (Å²) < 4.78 is 5.29. The van der Waals surface area contributed by atoms with Crippen LogP contribution < -0.4 is 0 Å². The Hall–Kier alpha value is -1.24. The molecule has 1 N–H and O–H groups in total. The van der Waals surface area contributed by atoms with Crippen molar-refractivity contribution in [2.45, 2.75) is 45.8 Å². The Bertz CT molecular complexity index is 523. The monoisotopic (exact) mass is 309 g/mol. The van der Waals surface area contributed by atoms with E-state index < -0.39 is 0 Å². The van der Waals surface area contributed by atoms with Crippen LogP contribution in [0, 0.1) is 0 Å². The minimum absolute atomic E-state index is 0.304. The van der Waals surface area contributed by atoms with E-state index in [1.54, 1.807) is 11.3 Å². The van der Waals surface area contributed by atoms with Gasteiger partial charge in [0.05, 0.1) is 11.0 Å². The molecule has 2 rings (SSSR count). The molecule has 116 valence electrons. The molecule has 0 radical (unpaired) electrons. The Morgan fingerprint density at radius 2 is 2.19 bits per heavy atom. The summed E-state index contributed by atoms with van der Waals surface area (Å²) in [6.07, 6.45) is 1.40. The summed E-state index contributed by atoms with van der Waals surface area (Å²) in [5, 5.41) is 15.5. The fourth-order valence-corrected chi connectivity index (χ4v) is 2.84. The molecule has 0 saturated heterocycles. The van der Waals surface area contributed by atoms with Crippen LogP contribution >= 0.6 is 11.3 Å². The van der Waals surface area contributed by atoms with Crippen molar-refractivity contribution in [2.24, 2.45) is 0 Å². The zero-order valence-corrected chi connectivity index (χ0v) is 13.6. The molecule has 21 heavy (non-hydrogen) atoms. The van der Waals surface area contributed by atoms with Gasteiger partial charge in [-0.3, -0.25) is 4.90 Å². The van der Waals surface area contributed by atoms with E-state index in [0.717, 1.165) is 24.3 Å². The van der Waals surface area contributed by atoms with Crippen molar-refractivity contribution in [1.29, 1.82) is 0 Å². The average Bonchev–Trinajstić information content (AvgIpc) is 3.07. The maximum Gasteiger partial charge on any atom is 0.227 e. The largest absolute Gasteiger partial charge is 0.392 e. The van der Waals surface area contributed by atoms with Gasteiger partial charge in [0, 0.05) is 19.0 Å². The topological polar surface area (TPSA) is 62.4 Å². The molecule has 0 aromatic carbocycles. The molecule has 2 heterocycles. The van der Waals surface area contributed by atoms with Crippen molar-refractivity contribution in [3.63, 3.8) is 0 Å². The highest BCUT2D eigenvalue weighted by molar-refractivity contribution is 7.13. The number of aromatic nitrogens is 2. The number of nitrogens with zero attached hydrogens (tertiary/aromatic N) is 3. The van der Waals surface area contributed by atoms with Crippen LogP contribution in [-0.2, 0) is 6.42 Å². The van der Waals surface area contributed by atoms with E-state index in [1.165, 1.54) is 0 Å². The van der Waals surface area contributed by atoms with Crippen LogP contribution in [0.25, 0.3) is 10.7 Å². The molecule has 5 nitrogen and oxygen atoms in total. The lowest BCUT2D eigenvalue weighted by Crippen LogP contribution is -2.37. The molecule has 0 aliphatic carbocycles. The van der Waals surface area contributed by atoms with Crippen molar-refractivity contribution in [3.05, 3.63) is 23.4 Å². The summed E-state index contributed by atoms with van der Waals surface area (Å²) in [5.41, 5.74) is 0. The molecule has 0 amide bonds. The van der Waals surface area contributed by atoms with Gasteiger partial charge >= 0.3 is 0 Å². The zero-order chi connectivity index (χ0) is 15.2. The smallest absolute Gasteiger partial charge is 0.227 e. The Morgan fingerprint density at radius 1 is 1.38 bits per heavy atom. The molecular formula is C15H23N3O2S. The van der Waals surface area contributed by atoms with E-state index in [2.05, 4.69) is 28.9 Å². The van der Waals surface area contributed by atoms with Gasteiger partial charge in [-0.05, 0) is 45.2 Å². The van der Waals surface area contributed by atoms with Gasteiger partial charge in [-0.15, -0.1) is 11.3 Å². The predicted molar refractivity (Wildman–Crippen MR) is 84.3 cm³/mol. The molecule has 2 aromatic heterocycles. The second-order valence-corrected chi connectivity index (χ2v) is 6.48. The Balaban J connectivity index is 1.83. The van der Waals surface area contributed by atoms with Crippen molar-refractivity contribution in [2.75, 3.05) is 13.1 Å². The van der Waals surface area contributed by atoms with Crippen molar-refractivity contribution in [1.82, 2.24) is 15.0 Å². The number of thiophene rings is 1. The molecule has 0 saturated carbocycles. The summed E-state index contributed by atoms with van der Waals surface area (Å²) in [6, 6.07) is 4.39. The first kappa shape index (κ1) is 16.1. The lowest BCUT2D eigenvalue weighted by molar-refractivity contribution is 0.106. The lowest BCUT2D eigenvalue weighted by atomic mass is 10.2. The third kappa shape index (κ3) is 4.91. The van der Waals surface area contributed by atoms with Crippen molar-refractivity contribution >= 4 is 11.3 Å². The average molecular weight is 309 g/mol. The van der Waals surface area contributed by atoms with E-state index >= 15 is 0 Å². The van der Waals surface area contributed by atoms with Crippen LogP contribution in [-0.4, -0.2) is 45.4 Å². The lowest BCUT2D eigenvalue weighted by Gasteiger charge is -2.27. The summed E-state index contributed by atoms with van der Waals surface area (Å²) in [7, 11) is 0. The van der Waals surface area contributed by atoms with E-state index in [-0.39, 0.29) is 6.10 Å². The van der Waals surface area contributed by atoms with Crippen LogP contribution in [0.5, 0.6) is 0 Å². The first-order chi connectivity index (χ1) is 10.1. The van der Waals surface area contributed by atoms with E-state index in [0.29, 0.717) is 24.3 Å². The molecule has 0 aliphatic rings. The standard InChI is InChI=1S/C15H23N3O2S/c1-11(2)18(10-12(3)19)8-4-7-14-16-15(17-20-14)13-6-5-9-21-13/h5-6,9,11-12,19H,4,7-8,10H2,1-3H3. The van der Waals surface area contributed by atoms with Gasteiger partial charge in [0.1, 0.15) is 0 Å². The number of aliphatic hydroxyl groups is 1. The van der Waals surface area contributed by atoms with Crippen LogP contribution in [0.15, 0.2) is 22.0 Å². The molecule has 0 spiro atoms. The maximum absolute atomic E-state index is 9.52. The number of hydrogen-bond donors (Lipinski definition) is 1. The molecule has 0 fully saturated rings. The van der Waals surface area contributed by atoms with Gasteiger partial charge in [0.15, 0.2) is 0 Å². The van der Waals surface area contributed by atoms with Gasteiger partial charge in [0.25, 0.3) is 0 Å². The maximum atomic E-state index is 9.52. The van der Waals surface area contributed by atoms with E-state index in [4.69, 9.17) is 4.52 Å². The third-order valence-corrected chi connectivity index (χ3v) is 4.14. The van der Waals surface area contributed by atoms with Gasteiger partial charge < -0.3 is 9.63 Å². The number of hydrogen-bond acceptors (Lipinski definition) is 6. The van der Waals surface area contributed by atoms with E-state index in [9.17, 15) is 5.11 Å². The zero-order valence-electron chi connectivity index (χ0n) is 12.8. The van der Waals surface area contributed by atoms with Crippen LogP contribution in [0.3, 0.4) is 0 Å². The molecule has 1 unspecified atom stereocenters. The highest BCUT2D eigenvalue weighted by Crippen LogP contribution is 2.21. The van der Waals surface area contributed by atoms with Gasteiger partial charge in [0.2, 0.25) is 11.7 Å². The second-order valence-electron chi connectivity index (χ2n) is 5.53. The summed E-state index contributed by atoms with van der Waals surface area (Å²) >= 11 is 1.61. The third-order valence-electron chi connectivity index (χ3n) is 3.27. The fourth-order valence-electron chi connectivity index (χ4n) is 2.20. The highest BCUT2D eigenvalue weighted by Gasteiger charge is 2.13. The SMILES string of the molecule is CC(O)CN(CCCc1nc(-c2cccs2)no1)C(C)C. The van der Waals surface area contributed by atoms with Gasteiger partial charge in [-0.1, -0.05) is 11.2 Å². The summed E-state index contributed by atoms with van der Waals surface area (Å²) in [4.78, 5) is 7.72. The van der Waals surface area contributed by atoms with Crippen molar-refractivity contribution < 1.29 is 9.63 Å². The second kappa shape index (κ2) is 7.68. The summed E-state index contributed by atoms with van der Waals surface area (Å²) in [5.74, 6) is 1.35. The molecule has 0 bridgehead atoms. The minimum Gasteiger partial charge on any atom is -0.392 e. The van der Waals surface area contributed by atoms with Gasteiger partial charge in [-0.2, -0.15) is 4.98 Å². The quantitative estimate of drug-likeness (QED) is 0.812. The minimum atomic E-state index is -0.304. The Morgan fingerprint density at radius 3 is 2.81 bits per heavy atom. The van der Waals surface area contributed by atoms with E-state index in [1.807, 2.05) is 24.4 Å². The van der Waals surface area contributed by atoms with Gasteiger partial charge in [-0.25, -0.2) is 0 Å². The number of rotatable bonds is 8. The number of aryl methyl sites for hydroxylation is 1. The van der Waals surface area contributed by atoms with Crippen LogP contribution in [0.1, 0.15) is 33.1 Å².